The minimum atomic E-state index is -0.159. The Kier molecular flexibility index (Phi) is 6.12. The molecule has 0 fully saturated rings. The molecule has 22 heavy (non-hydrogen) atoms. The highest BCUT2D eigenvalue weighted by Crippen LogP contribution is 2.30. The van der Waals surface area contributed by atoms with E-state index in [0.29, 0.717) is 17.2 Å². The van der Waals surface area contributed by atoms with Crippen molar-refractivity contribution in [3.63, 3.8) is 0 Å². The van der Waals surface area contributed by atoms with Crippen molar-refractivity contribution in [3.05, 3.63) is 23.8 Å². The van der Waals surface area contributed by atoms with Gasteiger partial charge in [0.15, 0.2) is 6.61 Å². The van der Waals surface area contributed by atoms with Gasteiger partial charge in [-0.2, -0.15) is 11.8 Å². The fourth-order valence-electron chi connectivity index (χ4n) is 2.15. The van der Waals surface area contributed by atoms with E-state index >= 15 is 0 Å². The van der Waals surface area contributed by atoms with Crippen molar-refractivity contribution in [1.82, 2.24) is 5.32 Å². The van der Waals surface area contributed by atoms with Crippen LogP contribution in [0, 0.1) is 0 Å². The van der Waals surface area contributed by atoms with Gasteiger partial charge in [0.2, 0.25) is 5.91 Å². The molecule has 6 heteroatoms. The van der Waals surface area contributed by atoms with E-state index in [-0.39, 0.29) is 24.5 Å². The van der Waals surface area contributed by atoms with Crippen molar-refractivity contribution in [3.8, 4) is 5.75 Å². The number of nitrogens with one attached hydrogen (secondary N) is 2. The van der Waals surface area contributed by atoms with Crippen molar-refractivity contribution in [1.29, 1.82) is 0 Å². The van der Waals surface area contributed by atoms with Crippen LogP contribution in [-0.4, -0.2) is 29.9 Å². The second-order valence-electron chi connectivity index (χ2n) is 5.29. The Hall–Kier alpha value is -1.69. The minimum absolute atomic E-state index is 0.0339. The van der Waals surface area contributed by atoms with Gasteiger partial charge in [-0.3, -0.25) is 9.59 Å². The molecule has 2 N–H and O–H groups in total. The molecule has 1 heterocycles. The van der Waals surface area contributed by atoms with Crippen LogP contribution >= 0.6 is 11.8 Å². The van der Waals surface area contributed by atoms with E-state index in [9.17, 15) is 9.59 Å². The van der Waals surface area contributed by atoms with E-state index in [4.69, 9.17) is 4.74 Å². The van der Waals surface area contributed by atoms with Gasteiger partial charge in [0.05, 0.1) is 17.5 Å². The summed E-state index contributed by atoms with van der Waals surface area (Å²) in [6, 6.07) is 5.47. The zero-order valence-corrected chi connectivity index (χ0v) is 13.8. The molecule has 0 unspecified atom stereocenters. The Balaban J connectivity index is 1.89. The smallest absolute Gasteiger partial charge is 0.262 e. The summed E-state index contributed by atoms with van der Waals surface area (Å²) in [5, 5.41) is 5.75. The Labute approximate surface area is 135 Å². The van der Waals surface area contributed by atoms with Crippen LogP contribution in [0.2, 0.25) is 0 Å². The lowest BCUT2D eigenvalue weighted by molar-refractivity contribution is -0.119. The summed E-state index contributed by atoms with van der Waals surface area (Å²) < 4.78 is 5.32. The quantitative estimate of drug-likeness (QED) is 0.758. The summed E-state index contributed by atoms with van der Waals surface area (Å²) in [7, 11) is 0. The van der Waals surface area contributed by atoms with Gasteiger partial charge < -0.3 is 15.4 Å². The molecule has 1 aliphatic heterocycles. The average molecular weight is 322 g/mol. The molecule has 0 radical (unpaired) electrons. The Morgan fingerprint density at radius 3 is 3.09 bits per heavy atom. The number of benzene rings is 1. The number of ether oxygens (including phenoxy) is 1. The molecular weight excluding hydrogens is 300 g/mol. The van der Waals surface area contributed by atoms with E-state index in [0.717, 1.165) is 24.2 Å². The summed E-state index contributed by atoms with van der Waals surface area (Å²) >= 11 is 1.66. The van der Waals surface area contributed by atoms with Gasteiger partial charge in [-0.15, -0.1) is 0 Å². The van der Waals surface area contributed by atoms with Gasteiger partial charge in [-0.1, -0.05) is 19.4 Å². The highest BCUT2D eigenvalue weighted by Gasteiger charge is 2.18. The number of unbranched alkanes of at least 4 members (excludes halogenated alkanes) is 1. The SMILES string of the molecule is CCCCSCC(=O)N[C@@H](C)c1ccc2c(c1)NC(=O)CO2. The highest BCUT2D eigenvalue weighted by molar-refractivity contribution is 7.99. The van der Waals surface area contributed by atoms with E-state index in [1.165, 1.54) is 0 Å². The van der Waals surface area contributed by atoms with E-state index in [1.54, 1.807) is 11.8 Å². The number of carbonyl (C=O) groups excluding carboxylic acids is 2. The zero-order chi connectivity index (χ0) is 15.9. The van der Waals surface area contributed by atoms with Crippen LogP contribution in [-0.2, 0) is 9.59 Å². The molecular formula is C16H22N2O3S. The topological polar surface area (TPSA) is 67.4 Å². The molecule has 0 saturated carbocycles. The molecule has 5 nitrogen and oxygen atoms in total. The molecule has 1 aromatic carbocycles. The van der Waals surface area contributed by atoms with Crippen LogP contribution < -0.4 is 15.4 Å². The van der Waals surface area contributed by atoms with E-state index in [1.807, 2.05) is 25.1 Å². The van der Waals surface area contributed by atoms with Gasteiger partial charge in [-0.25, -0.2) is 0 Å². The van der Waals surface area contributed by atoms with Crippen LogP contribution in [0.25, 0.3) is 0 Å². The first-order chi connectivity index (χ1) is 10.6. The third-order valence-corrected chi connectivity index (χ3v) is 4.43. The summed E-state index contributed by atoms with van der Waals surface area (Å²) in [6.07, 6.45) is 2.28. The molecule has 2 rings (SSSR count). The van der Waals surface area contributed by atoms with E-state index in [2.05, 4.69) is 17.6 Å². The lowest BCUT2D eigenvalue weighted by Crippen LogP contribution is -2.29. The molecule has 0 saturated heterocycles. The summed E-state index contributed by atoms with van der Waals surface area (Å²) in [6.45, 7) is 4.12. The van der Waals surface area contributed by atoms with Crippen LogP contribution in [0.15, 0.2) is 18.2 Å². The van der Waals surface area contributed by atoms with Gasteiger partial charge in [0.25, 0.3) is 5.91 Å². The predicted molar refractivity (Wildman–Crippen MR) is 89.4 cm³/mol. The maximum absolute atomic E-state index is 11.9. The number of fused-ring (bicyclic) bond motifs is 1. The van der Waals surface area contributed by atoms with Gasteiger partial charge in [0.1, 0.15) is 5.75 Å². The minimum Gasteiger partial charge on any atom is -0.482 e. The van der Waals surface area contributed by atoms with Crippen molar-refractivity contribution >= 4 is 29.3 Å². The molecule has 1 aromatic rings. The van der Waals surface area contributed by atoms with Crippen LogP contribution in [0.4, 0.5) is 5.69 Å². The maximum atomic E-state index is 11.9. The number of rotatable bonds is 7. The second-order valence-corrected chi connectivity index (χ2v) is 6.39. The molecule has 2 amide bonds. The molecule has 0 bridgehead atoms. The number of hydrogen-bond acceptors (Lipinski definition) is 4. The Bertz CT molecular complexity index is 548. The molecule has 120 valence electrons. The largest absolute Gasteiger partial charge is 0.482 e. The molecule has 1 aliphatic rings. The predicted octanol–water partition coefficient (Wildman–Crippen LogP) is 2.73. The second kappa shape index (κ2) is 8.08. The highest BCUT2D eigenvalue weighted by atomic mass is 32.2. The first-order valence-electron chi connectivity index (χ1n) is 7.54. The summed E-state index contributed by atoms with van der Waals surface area (Å²) in [5.74, 6) is 2.03. The third-order valence-electron chi connectivity index (χ3n) is 3.39. The summed E-state index contributed by atoms with van der Waals surface area (Å²) in [4.78, 5) is 23.3. The molecule has 0 spiro atoms. The first-order valence-corrected chi connectivity index (χ1v) is 8.69. The number of amides is 2. The fourth-order valence-corrected chi connectivity index (χ4v) is 3.05. The normalized spacial score (nSPS) is 14.5. The van der Waals surface area contributed by atoms with Gasteiger partial charge in [0, 0.05) is 0 Å². The molecule has 0 aromatic heterocycles. The number of carbonyl (C=O) groups is 2. The van der Waals surface area contributed by atoms with Crippen molar-refractivity contribution in [2.75, 3.05) is 23.4 Å². The standard InChI is InChI=1S/C16H22N2O3S/c1-3-4-7-22-10-16(20)17-11(2)12-5-6-14-13(8-12)18-15(19)9-21-14/h5-6,8,11H,3-4,7,9-10H2,1-2H3,(H,17,20)(H,18,19)/t11-/m0/s1. The first kappa shape index (κ1) is 16.7. The third kappa shape index (κ3) is 4.66. The van der Waals surface area contributed by atoms with E-state index < -0.39 is 0 Å². The van der Waals surface area contributed by atoms with Crippen LogP contribution in [0.5, 0.6) is 5.75 Å². The average Bonchev–Trinajstić information content (AvgIpc) is 2.50. The van der Waals surface area contributed by atoms with Crippen molar-refractivity contribution in [2.45, 2.75) is 32.7 Å². The summed E-state index contributed by atoms with van der Waals surface area (Å²) in [5.41, 5.74) is 1.60. The fraction of sp³-hybridized carbons (Fsp3) is 0.500. The maximum Gasteiger partial charge on any atom is 0.262 e. The van der Waals surface area contributed by atoms with Gasteiger partial charge in [-0.05, 0) is 36.8 Å². The van der Waals surface area contributed by atoms with Crippen LogP contribution in [0.3, 0.4) is 0 Å². The Morgan fingerprint density at radius 2 is 2.32 bits per heavy atom. The number of hydrogen-bond donors (Lipinski definition) is 2. The van der Waals surface area contributed by atoms with Crippen LogP contribution in [0.1, 0.15) is 38.3 Å². The number of anilines is 1. The van der Waals surface area contributed by atoms with Crippen molar-refractivity contribution in [2.24, 2.45) is 0 Å². The molecule has 0 aliphatic carbocycles. The number of thioether (sulfide) groups is 1. The lowest BCUT2D eigenvalue weighted by Gasteiger charge is -2.21. The van der Waals surface area contributed by atoms with Crippen molar-refractivity contribution < 1.29 is 14.3 Å². The lowest BCUT2D eigenvalue weighted by atomic mass is 10.1. The zero-order valence-electron chi connectivity index (χ0n) is 13.0. The molecule has 1 atom stereocenters. The monoisotopic (exact) mass is 322 g/mol. The Morgan fingerprint density at radius 1 is 1.50 bits per heavy atom. The van der Waals surface area contributed by atoms with Gasteiger partial charge >= 0.3 is 0 Å².